The summed E-state index contributed by atoms with van der Waals surface area (Å²) in [6, 6.07) is 5.83. The predicted molar refractivity (Wildman–Crippen MR) is 90.7 cm³/mol. The van der Waals surface area contributed by atoms with Crippen molar-refractivity contribution in [2.24, 2.45) is 5.73 Å². The lowest BCUT2D eigenvalue weighted by molar-refractivity contribution is 0.368. The number of likely N-dealkylation sites (N-methyl/N-ethyl adjacent to an activating group) is 1. The maximum Gasteiger partial charge on any atom is 0.0837 e. The Morgan fingerprint density at radius 3 is 2.76 bits per heavy atom. The third kappa shape index (κ3) is 3.86. The van der Waals surface area contributed by atoms with Gasteiger partial charge in [-0.2, -0.15) is 5.10 Å². The molecular weight excluding hydrogens is 352 g/mol. The average molecular weight is 372 g/mol. The van der Waals surface area contributed by atoms with Crippen molar-refractivity contribution in [3.8, 4) is 0 Å². The van der Waals surface area contributed by atoms with Crippen molar-refractivity contribution in [2.45, 2.75) is 19.5 Å². The molecule has 2 N–H and O–H groups in total. The molecule has 1 aromatic heterocycles. The van der Waals surface area contributed by atoms with E-state index in [-0.39, 0.29) is 6.04 Å². The Labute approximate surface area is 139 Å². The van der Waals surface area contributed by atoms with E-state index >= 15 is 0 Å². The maximum absolute atomic E-state index is 6.41. The number of nitrogens with two attached hydrogens (primary N) is 1. The summed E-state index contributed by atoms with van der Waals surface area (Å²) >= 11 is 9.83. The topological polar surface area (TPSA) is 47.1 Å². The zero-order valence-corrected chi connectivity index (χ0v) is 14.8. The van der Waals surface area contributed by atoms with Crippen LogP contribution in [0.15, 0.2) is 28.9 Å². The monoisotopic (exact) mass is 370 g/mol. The molecule has 0 aliphatic rings. The lowest BCUT2D eigenvalue weighted by Crippen LogP contribution is -2.23. The third-order valence-corrected chi connectivity index (χ3v) is 4.59. The number of hydrogen-bond acceptors (Lipinski definition) is 3. The molecule has 6 heteroatoms. The molecule has 0 fully saturated rings. The van der Waals surface area contributed by atoms with Gasteiger partial charge in [-0.05, 0) is 38.2 Å². The fourth-order valence-electron chi connectivity index (χ4n) is 2.11. The van der Waals surface area contributed by atoms with Crippen molar-refractivity contribution in [3.63, 3.8) is 0 Å². The molecule has 114 valence electrons. The van der Waals surface area contributed by atoms with Crippen molar-refractivity contribution >= 4 is 27.5 Å². The normalized spacial score (nSPS) is 12.9. The summed E-state index contributed by atoms with van der Waals surface area (Å²) in [4.78, 5) is 2.10. The van der Waals surface area contributed by atoms with E-state index in [0.717, 1.165) is 28.8 Å². The van der Waals surface area contributed by atoms with Gasteiger partial charge in [-0.3, -0.25) is 4.68 Å². The van der Waals surface area contributed by atoms with Crippen molar-refractivity contribution in [2.75, 3.05) is 20.6 Å². The van der Waals surface area contributed by atoms with Gasteiger partial charge in [-0.1, -0.05) is 39.7 Å². The Bertz CT molecular complexity index is 624. The Balaban J connectivity index is 2.31. The van der Waals surface area contributed by atoms with Gasteiger partial charge in [0, 0.05) is 11.0 Å². The van der Waals surface area contributed by atoms with Crippen LogP contribution < -0.4 is 5.73 Å². The molecule has 1 aromatic carbocycles. The molecule has 0 amide bonds. The fourth-order valence-corrected chi connectivity index (χ4v) is 2.77. The first-order valence-electron chi connectivity index (χ1n) is 6.77. The Hall–Kier alpha value is -0.880. The van der Waals surface area contributed by atoms with Crippen LogP contribution in [0.2, 0.25) is 5.02 Å². The van der Waals surface area contributed by atoms with E-state index in [1.165, 1.54) is 5.56 Å². The number of benzene rings is 1. The van der Waals surface area contributed by atoms with Crippen LogP contribution in [-0.2, 0) is 6.54 Å². The Morgan fingerprint density at radius 2 is 2.14 bits per heavy atom. The average Bonchev–Trinajstić information content (AvgIpc) is 2.80. The minimum atomic E-state index is -0.293. The van der Waals surface area contributed by atoms with Gasteiger partial charge in [0.1, 0.15) is 0 Å². The van der Waals surface area contributed by atoms with E-state index < -0.39 is 0 Å². The summed E-state index contributed by atoms with van der Waals surface area (Å²) < 4.78 is 2.94. The minimum absolute atomic E-state index is 0.293. The number of hydrogen-bond donors (Lipinski definition) is 1. The zero-order chi connectivity index (χ0) is 15.6. The second-order valence-electron chi connectivity index (χ2n) is 5.39. The van der Waals surface area contributed by atoms with E-state index in [1.807, 2.05) is 43.9 Å². The van der Waals surface area contributed by atoms with Gasteiger partial charge in [0.05, 0.1) is 29.5 Å². The quantitative estimate of drug-likeness (QED) is 0.878. The molecule has 1 unspecified atom stereocenters. The number of rotatable bonds is 5. The highest BCUT2D eigenvalue weighted by Gasteiger charge is 2.19. The first-order valence-corrected chi connectivity index (χ1v) is 7.95. The maximum atomic E-state index is 6.41. The van der Waals surface area contributed by atoms with Crippen molar-refractivity contribution < 1.29 is 0 Å². The molecule has 4 nitrogen and oxygen atoms in total. The van der Waals surface area contributed by atoms with Crippen LogP contribution in [0.3, 0.4) is 0 Å². The van der Waals surface area contributed by atoms with E-state index in [0.29, 0.717) is 5.02 Å². The van der Waals surface area contributed by atoms with Gasteiger partial charge in [-0.15, -0.1) is 0 Å². The summed E-state index contributed by atoms with van der Waals surface area (Å²) in [5.74, 6) is 0. The standard InChI is InChI=1S/C15H20BrClN4/c1-10-4-5-11(8-12(10)16)14(18)15-13(17)9-19-21(15)7-6-20(2)3/h4-5,8-9,14H,6-7,18H2,1-3H3. The van der Waals surface area contributed by atoms with E-state index in [1.54, 1.807) is 6.20 Å². The summed E-state index contributed by atoms with van der Waals surface area (Å²) in [5.41, 5.74) is 9.46. The largest absolute Gasteiger partial charge is 0.319 e. The molecule has 0 bridgehead atoms. The second-order valence-corrected chi connectivity index (χ2v) is 6.65. The number of aryl methyl sites for hydroxylation is 1. The highest BCUT2D eigenvalue weighted by atomic mass is 79.9. The molecule has 2 aromatic rings. The smallest absolute Gasteiger partial charge is 0.0837 e. The van der Waals surface area contributed by atoms with E-state index in [9.17, 15) is 0 Å². The van der Waals surface area contributed by atoms with Crippen molar-refractivity contribution in [1.82, 2.24) is 14.7 Å². The van der Waals surface area contributed by atoms with Crippen LogP contribution in [-0.4, -0.2) is 35.3 Å². The Kier molecular flexibility index (Phi) is 5.43. The molecule has 1 heterocycles. The molecule has 0 aliphatic heterocycles. The van der Waals surface area contributed by atoms with Gasteiger partial charge in [0.25, 0.3) is 0 Å². The van der Waals surface area contributed by atoms with Gasteiger partial charge in [0.2, 0.25) is 0 Å². The molecule has 0 spiro atoms. The molecule has 0 aliphatic carbocycles. The van der Waals surface area contributed by atoms with E-state index in [4.69, 9.17) is 17.3 Å². The Morgan fingerprint density at radius 1 is 1.43 bits per heavy atom. The molecule has 21 heavy (non-hydrogen) atoms. The second kappa shape index (κ2) is 6.92. The molecular formula is C15H20BrClN4. The summed E-state index contributed by atoms with van der Waals surface area (Å²) in [6.07, 6.45) is 1.66. The van der Waals surface area contributed by atoms with Gasteiger partial charge in [0.15, 0.2) is 0 Å². The zero-order valence-electron chi connectivity index (χ0n) is 12.5. The highest BCUT2D eigenvalue weighted by Crippen LogP contribution is 2.29. The highest BCUT2D eigenvalue weighted by molar-refractivity contribution is 9.10. The van der Waals surface area contributed by atoms with Crippen LogP contribution in [0, 0.1) is 6.92 Å². The van der Waals surface area contributed by atoms with Gasteiger partial charge >= 0.3 is 0 Å². The first kappa shape index (κ1) is 16.5. The third-order valence-electron chi connectivity index (χ3n) is 3.44. The van der Waals surface area contributed by atoms with Crippen LogP contribution >= 0.6 is 27.5 Å². The predicted octanol–water partition coefficient (Wildman–Crippen LogP) is 3.22. The van der Waals surface area contributed by atoms with Crippen molar-refractivity contribution in [1.29, 1.82) is 0 Å². The molecule has 0 saturated carbocycles. The molecule has 1 atom stereocenters. The van der Waals surface area contributed by atoms with Crippen LogP contribution in [0.4, 0.5) is 0 Å². The first-order chi connectivity index (χ1) is 9.90. The molecule has 0 radical (unpaired) electrons. The van der Waals surface area contributed by atoms with Crippen LogP contribution in [0.25, 0.3) is 0 Å². The summed E-state index contributed by atoms with van der Waals surface area (Å²) in [7, 11) is 4.06. The number of aromatic nitrogens is 2. The lowest BCUT2D eigenvalue weighted by Gasteiger charge is -2.17. The lowest BCUT2D eigenvalue weighted by atomic mass is 10.0. The molecule has 2 rings (SSSR count). The van der Waals surface area contributed by atoms with Gasteiger partial charge < -0.3 is 10.6 Å². The fraction of sp³-hybridized carbons (Fsp3) is 0.400. The number of nitrogens with zero attached hydrogens (tertiary/aromatic N) is 3. The minimum Gasteiger partial charge on any atom is -0.319 e. The molecule has 0 saturated heterocycles. The number of halogens is 2. The van der Waals surface area contributed by atoms with Gasteiger partial charge in [-0.25, -0.2) is 0 Å². The summed E-state index contributed by atoms with van der Waals surface area (Å²) in [5, 5.41) is 4.95. The van der Waals surface area contributed by atoms with Crippen molar-refractivity contribution in [3.05, 3.63) is 50.7 Å². The SMILES string of the molecule is Cc1ccc(C(N)c2c(Cl)cnn2CCN(C)C)cc1Br. The summed E-state index contributed by atoms with van der Waals surface area (Å²) in [6.45, 7) is 3.69. The van der Waals surface area contributed by atoms with E-state index in [2.05, 4.69) is 25.9 Å². The van der Waals surface area contributed by atoms with Crippen LogP contribution in [0.5, 0.6) is 0 Å². The van der Waals surface area contributed by atoms with Crippen LogP contribution in [0.1, 0.15) is 22.9 Å².